The number of hydrogen-bond donors (Lipinski definition) is 0. The van der Waals surface area contributed by atoms with Gasteiger partial charge in [0.25, 0.3) is 0 Å². The molecule has 1 aromatic heterocycles. The van der Waals surface area contributed by atoms with E-state index in [1.807, 2.05) is 33.8 Å². The average molecular weight is 466 g/mol. The molecule has 0 aliphatic carbocycles. The Balaban J connectivity index is 1.47. The Kier molecular flexibility index (Phi) is 7.25. The highest BCUT2D eigenvalue weighted by molar-refractivity contribution is 5.88. The SMILES string of the molecule is CCOC(=O)c1cc(-c2ccc(F)cc2)n(C2CCN(C(=O)Cc3ccc(OC)cc3)CC2)n1. The monoisotopic (exact) mass is 465 g/mol. The molecule has 0 spiro atoms. The van der Waals surface area contributed by atoms with Gasteiger partial charge in [-0.3, -0.25) is 9.48 Å². The second kappa shape index (κ2) is 10.5. The molecule has 178 valence electrons. The molecule has 0 radical (unpaired) electrons. The number of rotatable bonds is 7. The van der Waals surface area contributed by atoms with Crippen LogP contribution < -0.4 is 4.74 Å². The summed E-state index contributed by atoms with van der Waals surface area (Å²) in [4.78, 5) is 27.0. The number of ether oxygens (including phenoxy) is 2. The summed E-state index contributed by atoms with van der Waals surface area (Å²) in [5.74, 6) is 0.0197. The summed E-state index contributed by atoms with van der Waals surface area (Å²) in [5, 5.41) is 4.54. The van der Waals surface area contributed by atoms with Crippen LogP contribution in [0, 0.1) is 5.82 Å². The van der Waals surface area contributed by atoms with Crippen molar-refractivity contribution < 1.29 is 23.5 Å². The zero-order chi connectivity index (χ0) is 24.1. The molecule has 0 N–H and O–H groups in total. The van der Waals surface area contributed by atoms with Crippen LogP contribution in [0.1, 0.15) is 41.9 Å². The molecule has 0 atom stereocenters. The zero-order valence-corrected chi connectivity index (χ0v) is 19.4. The third kappa shape index (κ3) is 5.27. The predicted octanol–water partition coefficient (Wildman–Crippen LogP) is 4.28. The lowest BCUT2D eigenvalue weighted by Gasteiger charge is -2.33. The third-order valence-electron chi connectivity index (χ3n) is 6.04. The minimum absolute atomic E-state index is 0.00765. The molecule has 2 heterocycles. The molecule has 1 fully saturated rings. The first-order chi connectivity index (χ1) is 16.5. The van der Waals surface area contributed by atoms with E-state index in [1.165, 1.54) is 12.1 Å². The van der Waals surface area contributed by atoms with Gasteiger partial charge in [0.15, 0.2) is 5.69 Å². The van der Waals surface area contributed by atoms with Gasteiger partial charge in [0.2, 0.25) is 5.91 Å². The van der Waals surface area contributed by atoms with Gasteiger partial charge < -0.3 is 14.4 Å². The molecule has 2 aromatic carbocycles. The van der Waals surface area contributed by atoms with Crippen LogP contribution in [0.4, 0.5) is 4.39 Å². The van der Waals surface area contributed by atoms with Gasteiger partial charge in [0, 0.05) is 18.7 Å². The summed E-state index contributed by atoms with van der Waals surface area (Å²) >= 11 is 0. The Morgan fingerprint density at radius 1 is 1.06 bits per heavy atom. The van der Waals surface area contributed by atoms with Gasteiger partial charge >= 0.3 is 5.97 Å². The molecular weight excluding hydrogens is 437 g/mol. The standard InChI is InChI=1S/C26H28FN3O4/c1-3-34-26(32)23-17-24(19-6-8-20(27)9-7-19)30(28-23)21-12-14-29(15-13-21)25(31)16-18-4-10-22(33-2)11-5-18/h4-11,17,21H,3,12-16H2,1-2H3. The fourth-order valence-corrected chi connectivity index (χ4v) is 4.20. The van der Waals surface area contributed by atoms with E-state index in [9.17, 15) is 14.0 Å². The number of halogens is 1. The van der Waals surface area contributed by atoms with Gasteiger partial charge in [0.1, 0.15) is 11.6 Å². The van der Waals surface area contributed by atoms with Gasteiger partial charge in [0.05, 0.1) is 31.9 Å². The molecule has 4 rings (SSSR count). The first-order valence-electron chi connectivity index (χ1n) is 11.4. The Morgan fingerprint density at radius 3 is 2.35 bits per heavy atom. The Morgan fingerprint density at radius 2 is 1.74 bits per heavy atom. The molecule has 8 heteroatoms. The molecule has 1 saturated heterocycles. The number of carbonyl (C=O) groups is 2. The molecule has 7 nitrogen and oxygen atoms in total. The van der Waals surface area contributed by atoms with Crippen LogP contribution in [0.2, 0.25) is 0 Å². The largest absolute Gasteiger partial charge is 0.497 e. The van der Waals surface area contributed by atoms with Crippen LogP contribution in [-0.4, -0.2) is 53.4 Å². The number of likely N-dealkylation sites (tertiary alicyclic amines) is 1. The average Bonchev–Trinajstić information content (AvgIpc) is 3.31. The van der Waals surface area contributed by atoms with Crippen molar-refractivity contribution in [2.45, 2.75) is 32.2 Å². The van der Waals surface area contributed by atoms with E-state index in [0.717, 1.165) is 22.6 Å². The minimum Gasteiger partial charge on any atom is -0.497 e. The minimum atomic E-state index is -0.489. The van der Waals surface area contributed by atoms with E-state index in [0.29, 0.717) is 32.4 Å². The lowest BCUT2D eigenvalue weighted by molar-refractivity contribution is -0.131. The predicted molar refractivity (Wildman–Crippen MR) is 125 cm³/mol. The van der Waals surface area contributed by atoms with Gasteiger partial charge in [-0.1, -0.05) is 12.1 Å². The van der Waals surface area contributed by atoms with Gasteiger partial charge in [-0.25, -0.2) is 9.18 Å². The van der Waals surface area contributed by atoms with Crippen LogP contribution in [0.5, 0.6) is 5.75 Å². The van der Waals surface area contributed by atoms with E-state index in [-0.39, 0.29) is 30.1 Å². The van der Waals surface area contributed by atoms with Crippen LogP contribution in [0.3, 0.4) is 0 Å². The smallest absolute Gasteiger partial charge is 0.358 e. The molecule has 0 unspecified atom stereocenters. The second-order valence-corrected chi connectivity index (χ2v) is 8.22. The van der Waals surface area contributed by atoms with Crippen molar-refractivity contribution in [3.8, 4) is 17.0 Å². The molecule has 0 saturated carbocycles. The number of amides is 1. The van der Waals surface area contributed by atoms with Crippen molar-refractivity contribution in [3.63, 3.8) is 0 Å². The van der Waals surface area contributed by atoms with Gasteiger partial charge in [-0.2, -0.15) is 5.10 Å². The Labute approximate surface area is 198 Å². The van der Waals surface area contributed by atoms with E-state index < -0.39 is 5.97 Å². The fourth-order valence-electron chi connectivity index (χ4n) is 4.20. The summed E-state index contributed by atoms with van der Waals surface area (Å²) in [6.45, 7) is 3.19. The Hall–Kier alpha value is -3.68. The first kappa shape index (κ1) is 23.5. The fraction of sp³-hybridized carbons (Fsp3) is 0.346. The maximum atomic E-state index is 13.5. The number of methoxy groups -OCH3 is 1. The lowest BCUT2D eigenvalue weighted by Crippen LogP contribution is -2.40. The summed E-state index contributed by atoms with van der Waals surface area (Å²) in [6.07, 6.45) is 1.74. The van der Waals surface area contributed by atoms with Crippen molar-refractivity contribution in [1.82, 2.24) is 14.7 Å². The maximum absolute atomic E-state index is 13.5. The third-order valence-corrected chi connectivity index (χ3v) is 6.04. The van der Waals surface area contributed by atoms with Gasteiger partial charge in [-0.05, 0) is 67.8 Å². The molecule has 1 aliphatic rings. The highest BCUT2D eigenvalue weighted by Crippen LogP contribution is 2.30. The summed E-state index contributed by atoms with van der Waals surface area (Å²) < 4.78 is 25.6. The quantitative estimate of drug-likeness (QED) is 0.487. The number of aromatic nitrogens is 2. The van der Waals surface area contributed by atoms with Crippen molar-refractivity contribution in [2.75, 3.05) is 26.8 Å². The molecule has 1 aliphatic heterocycles. The topological polar surface area (TPSA) is 73.7 Å². The van der Waals surface area contributed by atoms with Crippen LogP contribution in [0.25, 0.3) is 11.3 Å². The number of benzene rings is 2. The number of nitrogens with zero attached hydrogens (tertiary/aromatic N) is 3. The Bertz CT molecular complexity index is 1130. The normalized spacial score (nSPS) is 14.1. The number of piperidine rings is 1. The first-order valence-corrected chi connectivity index (χ1v) is 11.4. The van der Waals surface area contributed by atoms with Crippen LogP contribution in [-0.2, 0) is 16.0 Å². The second-order valence-electron chi connectivity index (χ2n) is 8.22. The van der Waals surface area contributed by atoms with E-state index in [4.69, 9.17) is 9.47 Å². The van der Waals surface area contributed by atoms with E-state index in [1.54, 1.807) is 32.2 Å². The molecule has 1 amide bonds. The van der Waals surface area contributed by atoms with Crippen molar-refractivity contribution in [1.29, 1.82) is 0 Å². The van der Waals surface area contributed by atoms with Crippen molar-refractivity contribution in [3.05, 3.63) is 71.7 Å². The van der Waals surface area contributed by atoms with Crippen LogP contribution in [0.15, 0.2) is 54.6 Å². The van der Waals surface area contributed by atoms with Crippen molar-refractivity contribution >= 4 is 11.9 Å². The number of hydrogen-bond acceptors (Lipinski definition) is 5. The van der Waals surface area contributed by atoms with E-state index >= 15 is 0 Å². The molecular formula is C26H28FN3O4. The summed E-state index contributed by atoms with van der Waals surface area (Å²) in [5.41, 5.74) is 2.66. The molecule has 3 aromatic rings. The molecule has 34 heavy (non-hydrogen) atoms. The number of carbonyl (C=O) groups excluding carboxylic acids is 2. The van der Waals surface area contributed by atoms with E-state index in [2.05, 4.69) is 5.10 Å². The highest BCUT2D eigenvalue weighted by atomic mass is 19.1. The zero-order valence-electron chi connectivity index (χ0n) is 19.4. The maximum Gasteiger partial charge on any atom is 0.358 e. The summed E-state index contributed by atoms with van der Waals surface area (Å²) in [6, 6.07) is 15.3. The van der Waals surface area contributed by atoms with Crippen molar-refractivity contribution in [2.24, 2.45) is 0 Å². The summed E-state index contributed by atoms with van der Waals surface area (Å²) in [7, 11) is 1.61. The van der Waals surface area contributed by atoms with Crippen LogP contribution >= 0.6 is 0 Å². The highest BCUT2D eigenvalue weighted by Gasteiger charge is 2.27. The van der Waals surface area contributed by atoms with Gasteiger partial charge in [-0.15, -0.1) is 0 Å². The molecule has 0 bridgehead atoms. The lowest BCUT2D eigenvalue weighted by atomic mass is 10.0. The number of esters is 1.